The topological polar surface area (TPSA) is 68.5 Å². The number of anilines is 1. The largest absolute Gasteiger partial charge is 0.362 e. The molecule has 4 heterocycles. The number of nitrogens with one attached hydrogen (secondary N) is 1. The summed E-state index contributed by atoms with van der Waals surface area (Å²) in [6, 6.07) is 7.86. The highest BCUT2D eigenvalue weighted by Gasteiger charge is 2.19. The molecule has 0 aliphatic carbocycles. The molecule has 6 nitrogen and oxygen atoms in total. The van der Waals surface area contributed by atoms with Crippen molar-refractivity contribution in [3.05, 3.63) is 57.2 Å². The Morgan fingerprint density at radius 3 is 2.83 bits per heavy atom. The van der Waals surface area contributed by atoms with Gasteiger partial charge in [0.25, 0.3) is 0 Å². The molecular formula is C21H21ClN6S2. The van der Waals surface area contributed by atoms with Crippen molar-refractivity contribution in [3.8, 4) is 0 Å². The average Bonchev–Trinajstić information content (AvgIpc) is 3.42. The van der Waals surface area contributed by atoms with Crippen molar-refractivity contribution in [2.75, 3.05) is 5.32 Å². The Morgan fingerprint density at radius 1 is 1.17 bits per heavy atom. The second-order valence-corrected chi connectivity index (χ2v) is 10.0. The molecule has 1 aromatic carbocycles. The number of thioether (sulfide) groups is 1. The molecule has 0 atom stereocenters. The van der Waals surface area contributed by atoms with Crippen LogP contribution in [0.25, 0.3) is 10.2 Å². The molecule has 9 heteroatoms. The molecule has 1 N–H and O–H groups in total. The third-order valence-corrected chi connectivity index (χ3v) is 7.72. The molecule has 30 heavy (non-hydrogen) atoms. The lowest BCUT2D eigenvalue weighted by molar-refractivity contribution is 0.695. The maximum atomic E-state index is 5.99. The van der Waals surface area contributed by atoms with Crippen LogP contribution in [0, 0.1) is 13.8 Å². The molecule has 0 spiro atoms. The minimum Gasteiger partial charge on any atom is -0.362 e. The number of nitrogens with zero attached hydrogens (tertiary/aromatic N) is 5. The summed E-state index contributed by atoms with van der Waals surface area (Å²) >= 11 is 9.42. The van der Waals surface area contributed by atoms with E-state index in [0.717, 1.165) is 62.8 Å². The molecule has 0 bridgehead atoms. The van der Waals surface area contributed by atoms with Crippen LogP contribution in [0.4, 0.5) is 5.82 Å². The van der Waals surface area contributed by atoms with Gasteiger partial charge in [-0.1, -0.05) is 11.6 Å². The van der Waals surface area contributed by atoms with Crippen LogP contribution in [0.2, 0.25) is 5.02 Å². The number of rotatable bonds is 6. The van der Waals surface area contributed by atoms with Gasteiger partial charge >= 0.3 is 0 Å². The smallest absolute Gasteiger partial charge is 0.152 e. The zero-order valence-corrected chi connectivity index (χ0v) is 19.2. The van der Waals surface area contributed by atoms with Crippen LogP contribution < -0.4 is 5.32 Å². The summed E-state index contributed by atoms with van der Waals surface area (Å²) in [4.78, 5) is 13.2. The van der Waals surface area contributed by atoms with Gasteiger partial charge in [-0.25, -0.2) is 9.97 Å². The van der Waals surface area contributed by atoms with Gasteiger partial charge in [0.2, 0.25) is 0 Å². The summed E-state index contributed by atoms with van der Waals surface area (Å²) < 4.78 is 2.22. The Hall–Kier alpha value is -2.16. The van der Waals surface area contributed by atoms with Crippen LogP contribution in [0.1, 0.15) is 34.3 Å². The standard InChI is InChI=1S/C21H21ClN6S2/c1-12-13(2)30-21-19(12)20(23-10-18-27-26-17-4-3-9-28(17)18)24-16(25-21)11-29-15-7-5-14(22)6-8-15/h5-8H,3-4,9-11H2,1-2H3,(H,23,24,25). The third-order valence-electron chi connectivity index (χ3n) is 5.36. The van der Waals surface area contributed by atoms with Crippen LogP contribution in [0.15, 0.2) is 29.2 Å². The molecule has 0 radical (unpaired) electrons. The molecule has 0 fully saturated rings. The summed E-state index contributed by atoms with van der Waals surface area (Å²) in [7, 11) is 0. The van der Waals surface area contributed by atoms with Crippen molar-refractivity contribution in [3.63, 3.8) is 0 Å². The molecule has 0 amide bonds. The predicted octanol–water partition coefficient (Wildman–Crippen LogP) is 5.40. The summed E-state index contributed by atoms with van der Waals surface area (Å²) in [5.41, 5.74) is 1.24. The normalized spacial score (nSPS) is 13.2. The predicted molar refractivity (Wildman–Crippen MR) is 124 cm³/mol. The zero-order chi connectivity index (χ0) is 20.7. The van der Waals surface area contributed by atoms with Gasteiger partial charge in [-0.3, -0.25) is 0 Å². The lowest BCUT2D eigenvalue weighted by Gasteiger charge is -2.10. The summed E-state index contributed by atoms with van der Waals surface area (Å²) in [5.74, 6) is 4.45. The number of hydrogen-bond donors (Lipinski definition) is 1. The summed E-state index contributed by atoms with van der Waals surface area (Å²) in [6.45, 7) is 5.88. The molecule has 1 aliphatic heterocycles. The van der Waals surface area contributed by atoms with Gasteiger partial charge in [0, 0.05) is 27.8 Å². The highest BCUT2D eigenvalue weighted by molar-refractivity contribution is 7.98. The quantitative estimate of drug-likeness (QED) is 0.391. The van der Waals surface area contributed by atoms with Crippen LogP contribution in [-0.4, -0.2) is 24.7 Å². The second-order valence-electron chi connectivity index (χ2n) is 7.34. The number of aromatic nitrogens is 5. The van der Waals surface area contributed by atoms with Crippen molar-refractivity contribution in [1.29, 1.82) is 0 Å². The number of aryl methyl sites for hydroxylation is 3. The fourth-order valence-corrected chi connectivity index (χ4v) is 5.60. The Balaban J connectivity index is 1.42. The number of thiophene rings is 1. The van der Waals surface area contributed by atoms with Gasteiger partial charge in [-0.15, -0.1) is 33.3 Å². The maximum Gasteiger partial charge on any atom is 0.152 e. The van der Waals surface area contributed by atoms with Gasteiger partial charge in [0.1, 0.15) is 22.3 Å². The summed E-state index contributed by atoms with van der Waals surface area (Å²) in [6.07, 6.45) is 2.16. The first kappa shape index (κ1) is 19.8. The number of halogens is 1. The van der Waals surface area contributed by atoms with Gasteiger partial charge in [0.05, 0.1) is 17.7 Å². The summed E-state index contributed by atoms with van der Waals surface area (Å²) in [5, 5.41) is 14.0. The lowest BCUT2D eigenvalue weighted by atomic mass is 10.2. The molecule has 5 rings (SSSR count). The molecule has 4 aromatic rings. The Morgan fingerprint density at radius 2 is 2.00 bits per heavy atom. The minimum absolute atomic E-state index is 0.608. The minimum atomic E-state index is 0.608. The maximum absolute atomic E-state index is 5.99. The molecule has 3 aromatic heterocycles. The number of fused-ring (bicyclic) bond motifs is 2. The monoisotopic (exact) mass is 456 g/mol. The van der Waals surface area contributed by atoms with E-state index in [1.54, 1.807) is 23.1 Å². The second kappa shape index (κ2) is 8.17. The lowest BCUT2D eigenvalue weighted by Crippen LogP contribution is -2.10. The Labute approximate surface area is 188 Å². The van der Waals surface area contributed by atoms with Gasteiger partial charge in [-0.05, 0) is 50.1 Å². The van der Waals surface area contributed by atoms with Crippen molar-refractivity contribution >= 4 is 50.7 Å². The van der Waals surface area contributed by atoms with Gasteiger partial charge in [0.15, 0.2) is 5.82 Å². The fraction of sp³-hybridized carbons (Fsp3) is 0.333. The van der Waals surface area contributed by atoms with Gasteiger partial charge < -0.3 is 9.88 Å². The molecule has 154 valence electrons. The van der Waals surface area contributed by atoms with Crippen LogP contribution in [0.5, 0.6) is 0 Å². The third kappa shape index (κ3) is 3.79. The van der Waals surface area contributed by atoms with Crippen molar-refractivity contribution in [2.24, 2.45) is 0 Å². The zero-order valence-electron chi connectivity index (χ0n) is 16.8. The Bertz CT molecular complexity index is 1210. The Kier molecular flexibility index (Phi) is 5.39. The van der Waals surface area contributed by atoms with Crippen molar-refractivity contribution in [2.45, 2.75) is 50.4 Å². The van der Waals surface area contributed by atoms with Crippen LogP contribution in [-0.2, 0) is 25.3 Å². The van der Waals surface area contributed by atoms with Gasteiger partial charge in [-0.2, -0.15) is 0 Å². The van der Waals surface area contributed by atoms with E-state index in [4.69, 9.17) is 21.6 Å². The van der Waals surface area contributed by atoms with E-state index >= 15 is 0 Å². The van der Waals surface area contributed by atoms with Crippen molar-refractivity contribution < 1.29 is 0 Å². The molecule has 0 saturated carbocycles. The van der Waals surface area contributed by atoms with Crippen LogP contribution in [0.3, 0.4) is 0 Å². The van der Waals surface area contributed by atoms with E-state index < -0.39 is 0 Å². The van der Waals surface area contributed by atoms with E-state index in [1.165, 1.54) is 10.4 Å². The molecule has 1 aliphatic rings. The molecule has 0 saturated heterocycles. The van der Waals surface area contributed by atoms with Crippen LogP contribution >= 0.6 is 34.7 Å². The fourth-order valence-electron chi connectivity index (χ4n) is 3.67. The van der Waals surface area contributed by atoms with E-state index in [-0.39, 0.29) is 0 Å². The average molecular weight is 457 g/mol. The first-order chi connectivity index (χ1) is 14.6. The SMILES string of the molecule is Cc1sc2nc(CSc3ccc(Cl)cc3)nc(NCc3nnc4n3CCC4)c2c1C. The number of hydrogen-bond acceptors (Lipinski definition) is 7. The van der Waals surface area contributed by atoms with Crippen molar-refractivity contribution in [1.82, 2.24) is 24.7 Å². The first-order valence-electron chi connectivity index (χ1n) is 9.88. The highest BCUT2D eigenvalue weighted by atomic mass is 35.5. The number of benzene rings is 1. The molecular weight excluding hydrogens is 436 g/mol. The first-order valence-corrected chi connectivity index (χ1v) is 12.1. The molecule has 0 unspecified atom stereocenters. The van der Waals surface area contributed by atoms with E-state index in [9.17, 15) is 0 Å². The van der Waals surface area contributed by atoms with E-state index in [1.807, 2.05) is 24.3 Å². The van der Waals surface area contributed by atoms with E-state index in [2.05, 4.69) is 33.9 Å². The van der Waals surface area contributed by atoms with E-state index in [0.29, 0.717) is 12.3 Å². The highest BCUT2D eigenvalue weighted by Crippen LogP contribution is 2.34.